The van der Waals surface area contributed by atoms with E-state index in [9.17, 15) is 13.2 Å². The summed E-state index contributed by atoms with van der Waals surface area (Å²) in [4.78, 5) is 4.59. The molecule has 142 valence electrons. The van der Waals surface area contributed by atoms with Crippen molar-refractivity contribution < 1.29 is 13.2 Å². The smallest absolute Gasteiger partial charge is 0.309 e. The Labute approximate surface area is 151 Å². The molecular formula is C19H25F3N4. The van der Waals surface area contributed by atoms with Gasteiger partial charge in [0.05, 0.1) is 17.3 Å². The summed E-state index contributed by atoms with van der Waals surface area (Å²) < 4.78 is 40.6. The molecular weight excluding hydrogens is 341 g/mol. The summed E-state index contributed by atoms with van der Waals surface area (Å²) in [6, 6.07) is 4.31. The fourth-order valence-electron chi connectivity index (χ4n) is 4.42. The topological polar surface area (TPSA) is 42.2 Å². The second-order valence-corrected chi connectivity index (χ2v) is 7.75. The first-order chi connectivity index (χ1) is 12.4. The van der Waals surface area contributed by atoms with E-state index in [0.717, 1.165) is 35.7 Å². The van der Waals surface area contributed by atoms with Gasteiger partial charge in [0.15, 0.2) is 5.65 Å². The molecule has 4 nitrogen and oxygen atoms in total. The van der Waals surface area contributed by atoms with E-state index >= 15 is 0 Å². The van der Waals surface area contributed by atoms with E-state index in [4.69, 9.17) is 5.10 Å². The molecule has 7 heteroatoms. The molecule has 3 heterocycles. The average Bonchev–Trinajstić information content (AvgIpc) is 3.05. The predicted octanol–water partition coefficient (Wildman–Crippen LogP) is 4.69. The van der Waals surface area contributed by atoms with E-state index in [0.29, 0.717) is 12.8 Å². The van der Waals surface area contributed by atoms with Gasteiger partial charge in [-0.3, -0.25) is 0 Å². The van der Waals surface area contributed by atoms with Crippen LogP contribution in [0.25, 0.3) is 5.65 Å². The number of halogens is 3. The van der Waals surface area contributed by atoms with Crippen LogP contribution < -0.4 is 5.32 Å². The van der Waals surface area contributed by atoms with Gasteiger partial charge >= 0.3 is 6.18 Å². The fourth-order valence-corrected chi connectivity index (χ4v) is 4.42. The molecule has 1 aliphatic heterocycles. The third-order valence-corrected chi connectivity index (χ3v) is 5.88. The number of hydrogen-bond donors (Lipinski definition) is 1. The van der Waals surface area contributed by atoms with E-state index in [1.807, 2.05) is 17.5 Å². The highest BCUT2D eigenvalue weighted by atomic mass is 19.4. The number of nitrogens with one attached hydrogen (secondary N) is 1. The molecule has 2 fully saturated rings. The molecule has 0 radical (unpaired) electrons. The number of piperidine rings is 1. The van der Waals surface area contributed by atoms with Crippen molar-refractivity contribution in [1.29, 1.82) is 0 Å². The van der Waals surface area contributed by atoms with Crippen LogP contribution in [0.4, 0.5) is 13.2 Å². The highest BCUT2D eigenvalue weighted by Gasteiger charge is 2.42. The molecule has 1 N–H and O–H groups in total. The zero-order chi connectivity index (χ0) is 18.3. The Morgan fingerprint density at radius 1 is 1.08 bits per heavy atom. The molecule has 1 atom stereocenters. The van der Waals surface area contributed by atoms with Gasteiger partial charge in [0, 0.05) is 23.7 Å². The summed E-state index contributed by atoms with van der Waals surface area (Å²) in [5.74, 6) is -1.05. The third kappa shape index (κ3) is 3.46. The van der Waals surface area contributed by atoms with Crippen LogP contribution in [0.15, 0.2) is 12.1 Å². The van der Waals surface area contributed by atoms with Gasteiger partial charge in [-0.05, 0) is 58.1 Å². The number of aromatic nitrogens is 3. The molecule has 0 aromatic carbocycles. The Kier molecular flexibility index (Phi) is 4.67. The number of hydrogen-bond acceptors (Lipinski definition) is 3. The maximum absolute atomic E-state index is 12.9. The summed E-state index contributed by atoms with van der Waals surface area (Å²) in [5, 5.41) is 8.33. The number of aryl methyl sites for hydroxylation is 1. The molecule has 2 aromatic rings. The molecule has 0 bridgehead atoms. The van der Waals surface area contributed by atoms with Gasteiger partial charge in [-0.25, -0.2) is 9.50 Å². The zero-order valence-corrected chi connectivity index (χ0v) is 15.0. The Bertz CT molecular complexity index is 769. The van der Waals surface area contributed by atoms with Crippen LogP contribution in [0.1, 0.15) is 74.0 Å². The summed E-state index contributed by atoms with van der Waals surface area (Å²) in [6.07, 6.45) is 0.880. The van der Waals surface area contributed by atoms with Crippen molar-refractivity contribution in [1.82, 2.24) is 19.9 Å². The second kappa shape index (κ2) is 6.83. The van der Waals surface area contributed by atoms with Crippen molar-refractivity contribution in [2.24, 2.45) is 5.92 Å². The number of fused-ring (bicyclic) bond motifs is 1. The lowest BCUT2D eigenvalue weighted by molar-refractivity contribution is -0.182. The molecule has 0 spiro atoms. The normalized spacial score (nSPS) is 27.8. The van der Waals surface area contributed by atoms with Crippen LogP contribution in [0, 0.1) is 12.8 Å². The molecule has 1 aliphatic carbocycles. The van der Waals surface area contributed by atoms with Gasteiger partial charge in [-0.2, -0.15) is 18.3 Å². The van der Waals surface area contributed by atoms with E-state index in [1.54, 1.807) is 0 Å². The van der Waals surface area contributed by atoms with Crippen molar-refractivity contribution in [3.63, 3.8) is 0 Å². The van der Waals surface area contributed by atoms with E-state index in [2.05, 4.69) is 16.4 Å². The zero-order valence-electron chi connectivity index (χ0n) is 15.0. The minimum Gasteiger partial charge on any atom is -0.309 e. The third-order valence-electron chi connectivity index (χ3n) is 5.88. The van der Waals surface area contributed by atoms with Crippen LogP contribution in [0.3, 0.4) is 0 Å². The minimum atomic E-state index is -4.07. The molecule has 26 heavy (non-hydrogen) atoms. The fraction of sp³-hybridized carbons (Fsp3) is 0.684. The van der Waals surface area contributed by atoms with Crippen molar-refractivity contribution in [2.45, 2.75) is 70.0 Å². The maximum Gasteiger partial charge on any atom is 0.391 e. The van der Waals surface area contributed by atoms with Gasteiger partial charge in [0.25, 0.3) is 0 Å². The SMILES string of the molecule is Cc1cc(C2CCCCN2)n2nc([C@H]3CC[C@H](C(F)(F)F)CC3)cc2n1. The van der Waals surface area contributed by atoms with Crippen molar-refractivity contribution in [3.05, 3.63) is 29.2 Å². The summed E-state index contributed by atoms with van der Waals surface area (Å²) in [5.41, 5.74) is 3.76. The summed E-state index contributed by atoms with van der Waals surface area (Å²) in [6.45, 7) is 2.98. The van der Waals surface area contributed by atoms with Crippen molar-refractivity contribution in [2.75, 3.05) is 6.54 Å². The second-order valence-electron chi connectivity index (χ2n) is 7.75. The molecule has 4 rings (SSSR count). The van der Waals surface area contributed by atoms with Gasteiger partial charge in [-0.15, -0.1) is 0 Å². The summed E-state index contributed by atoms with van der Waals surface area (Å²) >= 11 is 0. The van der Waals surface area contributed by atoms with Crippen LogP contribution in [0.5, 0.6) is 0 Å². The molecule has 2 aliphatic rings. The number of alkyl halides is 3. The number of rotatable bonds is 2. The lowest BCUT2D eigenvalue weighted by Crippen LogP contribution is -2.29. The van der Waals surface area contributed by atoms with Gasteiger partial charge in [0.2, 0.25) is 0 Å². The number of nitrogens with zero attached hydrogens (tertiary/aromatic N) is 3. The minimum absolute atomic E-state index is 0.0998. The standard InChI is InChI=1S/C19H25F3N4/c1-12-10-17(15-4-2-3-9-23-15)26-18(24-12)11-16(25-26)13-5-7-14(8-6-13)19(20,21)22/h10-11,13-15,23H,2-9H2,1H3/t13-,14-,15?. The maximum atomic E-state index is 12.9. The van der Waals surface area contributed by atoms with Crippen molar-refractivity contribution >= 4 is 5.65 Å². The molecule has 1 saturated carbocycles. The first-order valence-electron chi connectivity index (χ1n) is 9.59. The Morgan fingerprint density at radius 3 is 2.50 bits per heavy atom. The van der Waals surface area contributed by atoms with Crippen LogP contribution in [-0.2, 0) is 0 Å². The van der Waals surface area contributed by atoms with E-state index in [1.165, 1.54) is 12.8 Å². The first kappa shape index (κ1) is 17.8. The molecule has 0 amide bonds. The highest BCUT2D eigenvalue weighted by molar-refractivity contribution is 5.43. The molecule has 1 saturated heterocycles. The first-order valence-corrected chi connectivity index (χ1v) is 9.59. The lowest BCUT2D eigenvalue weighted by atomic mass is 9.80. The van der Waals surface area contributed by atoms with E-state index < -0.39 is 12.1 Å². The summed E-state index contributed by atoms with van der Waals surface area (Å²) in [7, 11) is 0. The largest absolute Gasteiger partial charge is 0.391 e. The monoisotopic (exact) mass is 366 g/mol. The predicted molar refractivity (Wildman–Crippen MR) is 93.1 cm³/mol. The Morgan fingerprint density at radius 2 is 1.85 bits per heavy atom. The van der Waals surface area contributed by atoms with Gasteiger partial charge in [-0.1, -0.05) is 6.42 Å². The highest BCUT2D eigenvalue weighted by Crippen LogP contribution is 2.42. The molecule has 1 unspecified atom stereocenters. The van der Waals surface area contributed by atoms with Crippen LogP contribution in [-0.4, -0.2) is 27.3 Å². The van der Waals surface area contributed by atoms with Gasteiger partial charge < -0.3 is 5.32 Å². The van der Waals surface area contributed by atoms with Crippen molar-refractivity contribution in [3.8, 4) is 0 Å². The lowest BCUT2D eigenvalue weighted by Gasteiger charge is -2.28. The van der Waals surface area contributed by atoms with Crippen LogP contribution in [0.2, 0.25) is 0 Å². The average molecular weight is 366 g/mol. The Hall–Kier alpha value is -1.63. The van der Waals surface area contributed by atoms with Gasteiger partial charge in [0.1, 0.15) is 0 Å². The Balaban J connectivity index is 1.60. The quantitative estimate of drug-likeness (QED) is 0.838. The van der Waals surface area contributed by atoms with E-state index in [-0.39, 0.29) is 24.8 Å². The molecule has 2 aromatic heterocycles. The van der Waals surface area contributed by atoms with Crippen LogP contribution >= 0.6 is 0 Å².